The summed E-state index contributed by atoms with van der Waals surface area (Å²) >= 11 is 4.23. The van der Waals surface area contributed by atoms with E-state index in [0.717, 1.165) is 25.0 Å². The van der Waals surface area contributed by atoms with Crippen molar-refractivity contribution < 1.29 is 9.53 Å². The average Bonchev–Trinajstić information content (AvgIpc) is 2.55. The molecule has 0 aliphatic carbocycles. The Bertz CT molecular complexity index is 244. The van der Waals surface area contributed by atoms with E-state index in [1.807, 2.05) is 0 Å². The zero-order chi connectivity index (χ0) is 17.0. The van der Waals surface area contributed by atoms with Crippen LogP contribution in [0.25, 0.3) is 0 Å². The van der Waals surface area contributed by atoms with Gasteiger partial charge in [0.1, 0.15) is 0 Å². The number of ether oxygens (including phenoxy) is 1. The second kappa shape index (κ2) is 19.9. The van der Waals surface area contributed by atoms with E-state index in [1.165, 1.54) is 77.0 Å². The summed E-state index contributed by atoms with van der Waals surface area (Å²) in [5.41, 5.74) is 0. The first kappa shape index (κ1) is 22.8. The number of carbonyl (C=O) groups excluding carboxylic acids is 1. The zero-order valence-electron chi connectivity index (χ0n) is 15.5. The van der Waals surface area contributed by atoms with Crippen molar-refractivity contribution in [3.05, 3.63) is 0 Å². The molecule has 3 heteroatoms. The summed E-state index contributed by atoms with van der Waals surface area (Å²) in [6.45, 7) is 2.83. The molecule has 0 aliphatic heterocycles. The van der Waals surface area contributed by atoms with Gasteiger partial charge >= 0.3 is 5.97 Å². The summed E-state index contributed by atoms with van der Waals surface area (Å²) in [6.07, 6.45) is 19.5. The molecular formula is C20H40O2S. The van der Waals surface area contributed by atoms with Crippen LogP contribution in [0, 0.1) is 0 Å². The quantitative estimate of drug-likeness (QED) is 0.170. The molecule has 0 aromatic heterocycles. The topological polar surface area (TPSA) is 26.3 Å². The first-order valence-electron chi connectivity index (χ1n) is 10.1. The molecule has 0 amide bonds. The Morgan fingerprint density at radius 2 is 1.17 bits per heavy atom. The molecule has 0 atom stereocenters. The highest BCUT2D eigenvalue weighted by atomic mass is 32.1. The van der Waals surface area contributed by atoms with Gasteiger partial charge in [-0.2, -0.15) is 12.6 Å². The number of carbonyl (C=O) groups is 1. The first-order valence-corrected chi connectivity index (χ1v) is 10.7. The van der Waals surface area contributed by atoms with Crippen molar-refractivity contribution in [2.75, 3.05) is 12.4 Å². The predicted octanol–water partition coefficient (Wildman–Crippen LogP) is 6.72. The molecule has 0 saturated heterocycles. The molecular weight excluding hydrogens is 304 g/mol. The molecule has 0 aliphatic rings. The summed E-state index contributed by atoms with van der Waals surface area (Å²) < 4.78 is 5.29. The lowest BCUT2D eigenvalue weighted by molar-refractivity contribution is -0.143. The van der Waals surface area contributed by atoms with Crippen molar-refractivity contribution in [1.29, 1.82) is 0 Å². The maximum Gasteiger partial charge on any atom is 0.305 e. The van der Waals surface area contributed by atoms with Gasteiger partial charge in [0, 0.05) is 6.42 Å². The molecule has 0 heterocycles. The largest absolute Gasteiger partial charge is 0.466 e. The summed E-state index contributed by atoms with van der Waals surface area (Å²) in [5, 5.41) is 0. The van der Waals surface area contributed by atoms with Crippen LogP contribution in [0.5, 0.6) is 0 Å². The van der Waals surface area contributed by atoms with Gasteiger partial charge in [-0.15, -0.1) is 0 Å². The van der Waals surface area contributed by atoms with E-state index in [0.29, 0.717) is 13.0 Å². The van der Waals surface area contributed by atoms with Crippen LogP contribution in [0.15, 0.2) is 0 Å². The average molecular weight is 345 g/mol. The number of esters is 1. The van der Waals surface area contributed by atoms with Gasteiger partial charge in [0.25, 0.3) is 0 Å². The van der Waals surface area contributed by atoms with Crippen molar-refractivity contribution in [3.63, 3.8) is 0 Å². The SMILES string of the molecule is CCCCCCCC(=O)OCCCCCCCCCCCCS. The van der Waals surface area contributed by atoms with E-state index in [4.69, 9.17) is 4.74 Å². The minimum atomic E-state index is 0.00251. The highest BCUT2D eigenvalue weighted by Crippen LogP contribution is 2.11. The fourth-order valence-corrected chi connectivity index (χ4v) is 2.98. The van der Waals surface area contributed by atoms with Crippen molar-refractivity contribution in [2.24, 2.45) is 0 Å². The first-order chi connectivity index (χ1) is 11.3. The fraction of sp³-hybridized carbons (Fsp3) is 0.950. The third kappa shape index (κ3) is 19.8. The van der Waals surface area contributed by atoms with Crippen LogP contribution >= 0.6 is 12.6 Å². The number of thiol groups is 1. The summed E-state index contributed by atoms with van der Waals surface area (Å²) in [7, 11) is 0. The Morgan fingerprint density at radius 1 is 0.696 bits per heavy atom. The lowest BCUT2D eigenvalue weighted by atomic mass is 10.1. The van der Waals surface area contributed by atoms with Crippen molar-refractivity contribution in [2.45, 2.75) is 110 Å². The highest BCUT2D eigenvalue weighted by molar-refractivity contribution is 7.80. The van der Waals surface area contributed by atoms with Crippen LogP contribution in [-0.2, 0) is 9.53 Å². The van der Waals surface area contributed by atoms with E-state index in [1.54, 1.807) is 0 Å². The van der Waals surface area contributed by atoms with Crippen LogP contribution in [0.2, 0.25) is 0 Å². The molecule has 0 saturated carbocycles. The molecule has 138 valence electrons. The van der Waals surface area contributed by atoms with Gasteiger partial charge in [-0.05, 0) is 25.0 Å². The second-order valence-corrected chi connectivity index (χ2v) is 7.09. The Kier molecular flexibility index (Phi) is 19.7. The van der Waals surface area contributed by atoms with Gasteiger partial charge in [-0.1, -0.05) is 84.0 Å². The molecule has 0 N–H and O–H groups in total. The van der Waals surface area contributed by atoms with Crippen LogP contribution in [-0.4, -0.2) is 18.3 Å². The molecule has 0 radical (unpaired) electrons. The Morgan fingerprint density at radius 3 is 1.74 bits per heavy atom. The van der Waals surface area contributed by atoms with Gasteiger partial charge in [0.2, 0.25) is 0 Å². The molecule has 0 bridgehead atoms. The lowest BCUT2D eigenvalue weighted by Crippen LogP contribution is -2.05. The molecule has 0 spiro atoms. The maximum absolute atomic E-state index is 11.5. The standard InChI is InChI=1S/C20H40O2S/c1-2-3-4-11-14-17-20(21)22-18-15-12-9-7-5-6-8-10-13-16-19-23/h23H,2-19H2,1H3. The molecule has 2 nitrogen and oxygen atoms in total. The van der Waals surface area contributed by atoms with E-state index >= 15 is 0 Å². The van der Waals surface area contributed by atoms with E-state index < -0.39 is 0 Å². The number of hydrogen-bond donors (Lipinski definition) is 1. The van der Waals surface area contributed by atoms with Crippen molar-refractivity contribution in [3.8, 4) is 0 Å². The highest BCUT2D eigenvalue weighted by Gasteiger charge is 2.02. The minimum Gasteiger partial charge on any atom is -0.466 e. The molecule has 0 unspecified atom stereocenters. The Labute approximate surface area is 150 Å². The molecule has 0 fully saturated rings. The third-order valence-corrected chi connectivity index (χ3v) is 4.62. The summed E-state index contributed by atoms with van der Waals surface area (Å²) in [5.74, 6) is 1.03. The van der Waals surface area contributed by atoms with Crippen molar-refractivity contribution >= 4 is 18.6 Å². The van der Waals surface area contributed by atoms with Crippen LogP contribution in [0.3, 0.4) is 0 Å². The van der Waals surface area contributed by atoms with Crippen LogP contribution < -0.4 is 0 Å². The zero-order valence-corrected chi connectivity index (χ0v) is 16.4. The third-order valence-electron chi connectivity index (χ3n) is 4.30. The van der Waals surface area contributed by atoms with Gasteiger partial charge < -0.3 is 4.74 Å². The van der Waals surface area contributed by atoms with Crippen LogP contribution in [0.4, 0.5) is 0 Å². The Balaban J connectivity index is 3.10. The van der Waals surface area contributed by atoms with Crippen LogP contribution in [0.1, 0.15) is 110 Å². The fourth-order valence-electron chi connectivity index (χ4n) is 2.76. The summed E-state index contributed by atoms with van der Waals surface area (Å²) in [4.78, 5) is 11.5. The molecule has 0 aromatic carbocycles. The van der Waals surface area contributed by atoms with Gasteiger partial charge in [-0.3, -0.25) is 4.79 Å². The van der Waals surface area contributed by atoms with Gasteiger partial charge in [-0.25, -0.2) is 0 Å². The predicted molar refractivity (Wildman–Crippen MR) is 104 cm³/mol. The Hall–Kier alpha value is -0.180. The molecule has 23 heavy (non-hydrogen) atoms. The summed E-state index contributed by atoms with van der Waals surface area (Å²) in [6, 6.07) is 0. The maximum atomic E-state index is 11.5. The van der Waals surface area contributed by atoms with E-state index in [-0.39, 0.29) is 5.97 Å². The van der Waals surface area contributed by atoms with E-state index in [2.05, 4.69) is 19.6 Å². The second-order valence-electron chi connectivity index (χ2n) is 6.64. The molecule has 0 aromatic rings. The number of rotatable bonds is 18. The van der Waals surface area contributed by atoms with Gasteiger partial charge in [0.05, 0.1) is 6.61 Å². The van der Waals surface area contributed by atoms with Crippen molar-refractivity contribution in [1.82, 2.24) is 0 Å². The van der Waals surface area contributed by atoms with E-state index in [9.17, 15) is 4.79 Å². The molecule has 0 rings (SSSR count). The number of hydrogen-bond acceptors (Lipinski definition) is 3. The lowest BCUT2D eigenvalue weighted by Gasteiger charge is -2.05. The monoisotopic (exact) mass is 344 g/mol. The minimum absolute atomic E-state index is 0.00251. The smallest absolute Gasteiger partial charge is 0.305 e. The number of unbranched alkanes of at least 4 members (excludes halogenated alkanes) is 13. The normalized spacial score (nSPS) is 10.9. The van der Waals surface area contributed by atoms with Gasteiger partial charge in [0.15, 0.2) is 0 Å².